The lowest BCUT2D eigenvalue weighted by Gasteiger charge is -2.35. The highest BCUT2D eigenvalue weighted by molar-refractivity contribution is 5.78. The first-order valence-electron chi connectivity index (χ1n) is 10.6. The summed E-state index contributed by atoms with van der Waals surface area (Å²) in [7, 11) is 0. The van der Waals surface area contributed by atoms with Gasteiger partial charge in [0.1, 0.15) is 0 Å². The van der Waals surface area contributed by atoms with Crippen molar-refractivity contribution in [2.75, 3.05) is 32.7 Å². The maximum Gasteiger partial charge on any atom is 0.234 e. The molecule has 0 aromatic heterocycles. The van der Waals surface area contributed by atoms with Gasteiger partial charge in [-0.2, -0.15) is 0 Å². The van der Waals surface area contributed by atoms with Crippen molar-refractivity contribution in [3.8, 4) is 0 Å². The van der Waals surface area contributed by atoms with Crippen LogP contribution in [0.3, 0.4) is 0 Å². The predicted octanol–water partition coefficient (Wildman–Crippen LogP) is 3.31. The Bertz CT molecular complexity index is 811. The molecule has 1 atom stereocenters. The molecule has 28 heavy (non-hydrogen) atoms. The number of benzene rings is 2. The zero-order chi connectivity index (χ0) is 19.3. The molecule has 148 valence electrons. The van der Waals surface area contributed by atoms with E-state index in [1.807, 2.05) is 0 Å². The van der Waals surface area contributed by atoms with Crippen LogP contribution in [0.5, 0.6) is 0 Å². The van der Waals surface area contributed by atoms with E-state index in [2.05, 4.69) is 70.6 Å². The normalized spacial score (nSPS) is 20.5. The summed E-state index contributed by atoms with van der Waals surface area (Å²) in [6, 6.07) is 17.3. The number of hydrogen-bond donors (Lipinski definition) is 1. The molecule has 0 saturated carbocycles. The molecule has 0 unspecified atom stereocenters. The Morgan fingerprint density at radius 1 is 1.00 bits per heavy atom. The number of rotatable bonds is 5. The summed E-state index contributed by atoms with van der Waals surface area (Å²) in [6.45, 7) is 7.66. The van der Waals surface area contributed by atoms with Gasteiger partial charge in [-0.05, 0) is 48.4 Å². The van der Waals surface area contributed by atoms with Crippen molar-refractivity contribution >= 4 is 5.91 Å². The third kappa shape index (κ3) is 4.62. The number of hydrogen-bond acceptors (Lipinski definition) is 3. The molecule has 1 N–H and O–H groups in total. The van der Waals surface area contributed by atoms with E-state index < -0.39 is 0 Å². The van der Waals surface area contributed by atoms with Crippen LogP contribution in [0.4, 0.5) is 0 Å². The quantitative estimate of drug-likeness (QED) is 0.868. The van der Waals surface area contributed by atoms with Crippen LogP contribution in [0.15, 0.2) is 48.5 Å². The highest BCUT2D eigenvalue weighted by Gasteiger charge is 2.24. The molecule has 1 saturated heterocycles. The molecular formula is C24H31N3O. The number of aryl methyl sites for hydroxylation is 2. The molecule has 0 spiro atoms. The number of piperazine rings is 1. The van der Waals surface area contributed by atoms with Gasteiger partial charge >= 0.3 is 0 Å². The van der Waals surface area contributed by atoms with Gasteiger partial charge in [0.25, 0.3) is 0 Å². The van der Waals surface area contributed by atoms with E-state index in [1.165, 1.54) is 22.3 Å². The van der Waals surface area contributed by atoms with Gasteiger partial charge in [-0.15, -0.1) is 0 Å². The van der Waals surface area contributed by atoms with Gasteiger partial charge in [-0.1, -0.05) is 48.5 Å². The lowest BCUT2D eigenvalue weighted by molar-refractivity contribution is -0.123. The smallest absolute Gasteiger partial charge is 0.234 e. The van der Waals surface area contributed by atoms with Gasteiger partial charge in [0, 0.05) is 32.7 Å². The highest BCUT2D eigenvalue weighted by Crippen LogP contribution is 2.29. The van der Waals surface area contributed by atoms with Crippen molar-refractivity contribution in [3.05, 3.63) is 70.8 Å². The van der Waals surface area contributed by atoms with Crippen LogP contribution in [-0.4, -0.2) is 48.4 Å². The van der Waals surface area contributed by atoms with E-state index in [9.17, 15) is 4.79 Å². The minimum absolute atomic E-state index is 0.161. The number of nitrogens with zero attached hydrogens (tertiary/aromatic N) is 2. The van der Waals surface area contributed by atoms with E-state index in [0.29, 0.717) is 6.54 Å². The van der Waals surface area contributed by atoms with Crippen molar-refractivity contribution in [2.45, 2.75) is 38.8 Å². The second-order valence-corrected chi connectivity index (χ2v) is 8.19. The maximum atomic E-state index is 12.6. The van der Waals surface area contributed by atoms with Gasteiger partial charge in [0.05, 0.1) is 12.6 Å². The van der Waals surface area contributed by atoms with Gasteiger partial charge < -0.3 is 5.32 Å². The number of carbonyl (C=O) groups excluding carboxylic acids is 1. The van der Waals surface area contributed by atoms with E-state index in [-0.39, 0.29) is 11.9 Å². The Kier molecular flexibility index (Phi) is 6.08. The zero-order valence-electron chi connectivity index (χ0n) is 16.9. The highest BCUT2D eigenvalue weighted by atomic mass is 16.2. The Balaban J connectivity index is 1.25. The third-order valence-corrected chi connectivity index (χ3v) is 6.19. The summed E-state index contributed by atoms with van der Waals surface area (Å²) >= 11 is 0. The van der Waals surface area contributed by atoms with Crippen LogP contribution in [-0.2, 0) is 17.8 Å². The first-order valence-corrected chi connectivity index (χ1v) is 10.6. The van der Waals surface area contributed by atoms with Crippen molar-refractivity contribution in [1.82, 2.24) is 15.1 Å². The third-order valence-electron chi connectivity index (χ3n) is 6.19. The summed E-state index contributed by atoms with van der Waals surface area (Å²) in [5, 5.41) is 3.29. The average molecular weight is 378 g/mol. The van der Waals surface area contributed by atoms with E-state index in [4.69, 9.17) is 0 Å². The van der Waals surface area contributed by atoms with Crippen molar-refractivity contribution in [1.29, 1.82) is 0 Å². The van der Waals surface area contributed by atoms with E-state index in [1.54, 1.807) is 0 Å². The summed E-state index contributed by atoms with van der Waals surface area (Å²) < 4.78 is 0. The second kappa shape index (κ2) is 8.89. The molecule has 1 fully saturated rings. The number of carbonyl (C=O) groups is 1. The van der Waals surface area contributed by atoms with Crippen molar-refractivity contribution in [3.63, 3.8) is 0 Å². The second-order valence-electron chi connectivity index (χ2n) is 8.19. The Morgan fingerprint density at radius 3 is 2.54 bits per heavy atom. The minimum Gasteiger partial charge on any atom is -0.348 e. The largest absolute Gasteiger partial charge is 0.348 e. The fraction of sp³-hybridized carbons (Fsp3) is 0.458. The first-order chi connectivity index (χ1) is 13.7. The number of fused-ring (bicyclic) bond motifs is 1. The molecule has 0 bridgehead atoms. The summed E-state index contributed by atoms with van der Waals surface area (Å²) in [5.41, 5.74) is 5.47. The Labute approximate surface area is 168 Å². The molecule has 1 aliphatic heterocycles. The number of nitrogens with one attached hydrogen (secondary N) is 1. The van der Waals surface area contributed by atoms with Crippen molar-refractivity contribution < 1.29 is 4.79 Å². The van der Waals surface area contributed by atoms with Gasteiger partial charge in [-0.3, -0.25) is 14.6 Å². The maximum absolute atomic E-state index is 12.6. The fourth-order valence-corrected chi connectivity index (χ4v) is 4.48. The zero-order valence-corrected chi connectivity index (χ0v) is 16.9. The van der Waals surface area contributed by atoms with Gasteiger partial charge in [0.15, 0.2) is 0 Å². The first kappa shape index (κ1) is 19.2. The number of amides is 1. The van der Waals surface area contributed by atoms with Crippen LogP contribution >= 0.6 is 0 Å². The average Bonchev–Trinajstić information content (AvgIpc) is 2.71. The van der Waals surface area contributed by atoms with Gasteiger partial charge in [0.2, 0.25) is 5.91 Å². The standard InChI is InChI=1S/C24H31N3O/c1-19-7-2-3-9-21(19)17-26-13-15-27(16-14-26)18-24(28)25-23-12-6-10-20-8-4-5-11-22(20)23/h2-5,7-9,11,23H,6,10,12-18H2,1H3,(H,25,28)/t23-/m0/s1. The molecule has 4 heteroatoms. The molecule has 1 amide bonds. The van der Waals surface area contributed by atoms with Crippen LogP contribution < -0.4 is 5.32 Å². The summed E-state index contributed by atoms with van der Waals surface area (Å²) in [4.78, 5) is 17.4. The van der Waals surface area contributed by atoms with Crippen LogP contribution in [0.2, 0.25) is 0 Å². The minimum atomic E-state index is 0.161. The molecule has 4 nitrogen and oxygen atoms in total. The molecule has 1 heterocycles. The fourth-order valence-electron chi connectivity index (χ4n) is 4.48. The molecule has 0 radical (unpaired) electrons. The lowest BCUT2D eigenvalue weighted by Crippen LogP contribution is -2.49. The molecule has 2 aliphatic rings. The molecule has 2 aromatic rings. The molecule has 2 aromatic carbocycles. The molecular weight excluding hydrogens is 346 g/mol. The molecule has 1 aliphatic carbocycles. The Hall–Kier alpha value is -2.17. The van der Waals surface area contributed by atoms with E-state index in [0.717, 1.165) is 52.0 Å². The van der Waals surface area contributed by atoms with Crippen LogP contribution in [0.25, 0.3) is 0 Å². The van der Waals surface area contributed by atoms with Crippen LogP contribution in [0.1, 0.15) is 41.1 Å². The predicted molar refractivity (Wildman–Crippen MR) is 113 cm³/mol. The molecule has 4 rings (SSSR count). The Morgan fingerprint density at radius 2 is 1.71 bits per heavy atom. The van der Waals surface area contributed by atoms with Gasteiger partial charge in [-0.25, -0.2) is 0 Å². The lowest BCUT2D eigenvalue weighted by atomic mass is 9.88. The van der Waals surface area contributed by atoms with E-state index >= 15 is 0 Å². The van der Waals surface area contributed by atoms with Crippen LogP contribution in [0, 0.1) is 6.92 Å². The van der Waals surface area contributed by atoms with Crippen molar-refractivity contribution in [2.24, 2.45) is 0 Å². The SMILES string of the molecule is Cc1ccccc1CN1CCN(CC(=O)N[C@H]2CCCc3ccccc32)CC1. The summed E-state index contributed by atoms with van der Waals surface area (Å²) in [6.07, 6.45) is 3.33. The topological polar surface area (TPSA) is 35.6 Å². The monoisotopic (exact) mass is 377 g/mol. The summed E-state index contributed by atoms with van der Waals surface area (Å²) in [5.74, 6) is 0.161.